The molecule has 0 aromatic heterocycles. The largest absolute Gasteiger partial charge is 0.215 e. The van der Waals surface area contributed by atoms with Crippen LogP contribution in [-0.4, -0.2) is 20.7 Å². The molecule has 0 heterocycles. The first-order chi connectivity index (χ1) is 7.12. The van der Waals surface area contributed by atoms with E-state index in [9.17, 15) is 8.42 Å². The van der Waals surface area contributed by atoms with E-state index < -0.39 is 10.0 Å². The Bertz CT molecular complexity index is 207. The van der Waals surface area contributed by atoms with Gasteiger partial charge in [-0.1, -0.05) is 46.0 Å². The van der Waals surface area contributed by atoms with Gasteiger partial charge in [0.05, 0.1) is 5.75 Å². The summed E-state index contributed by atoms with van der Waals surface area (Å²) in [6.45, 7) is 4.83. The maximum Gasteiger partial charge on any atom is 0.211 e. The second-order valence-corrected chi connectivity index (χ2v) is 5.91. The van der Waals surface area contributed by atoms with E-state index in [2.05, 4.69) is 18.6 Å². The molecule has 15 heavy (non-hydrogen) atoms. The third kappa shape index (κ3) is 10.2. The van der Waals surface area contributed by atoms with Crippen LogP contribution >= 0.6 is 0 Å². The molecule has 0 radical (unpaired) electrons. The Hall–Kier alpha value is -0.0900. The zero-order chi connectivity index (χ0) is 11.6. The van der Waals surface area contributed by atoms with E-state index in [4.69, 9.17) is 0 Å². The minimum Gasteiger partial charge on any atom is -0.215 e. The van der Waals surface area contributed by atoms with Crippen LogP contribution in [0.4, 0.5) is 0 Å². The smallest absolute Gasteiger partial charge is 0.211 e. The summed E-state index contributed by atoms with van der Waals surface area (Å²) in [5, 5.41) is 0. The number of sulfonamides is 1. The molecule has 0 aliphatic heterocycles. The average Bonchev–Trinajstić information content (AvgIpc) is 2.20. The third-order valence-electron chi connectivity index (χ3n) is 2.37. The van der Waals surface area contributed by atoms with Crippen LogP contribution in [0.3, 0.4) is 0 Å². The standard InChI is InChI=1S/C11H25NO2S/c1-3-5-7-9-11-15(13,14)12-10-8-6-4-2/h12H,3-11H2,1-2H3. The van der Waals surface area contributed by atoms with Gasteiger partial charge in [-0.25, -0.2) is 13.1 Å². The average molecular weight is 235 g/mol. The quantitative estimate of drug-likeness (QED) is 0.592. The summed E-state index contributed by atoms with van der Waals surface area (Å²) in [6, 6.07) is 0. The predicted octanol–water partition coefficient (Wildman–Crippen LogP) is 2.68. The van der Waals surface area contributed by atoms with Gasteiger partial charge in [0.25, 0.3) is 0 Å². The van der Waals surface area contributed by atoms with Gasteiger partial charge in [-0.2, -0.15) is 0 Å². The van der Waals surface area contributed by atoms with E-state index in [1.807, 2.05) is 0 Å². The van der Waals surface area contributed by atoms with Crippen molar-refractivity contribution in [2.24, 2.45) is 0 Å². The van der Waals surface area contributed by atoms with Gasteiger partial charge in [0.15, 0.2) is 0 Å². The molecule has 0 spiro atoms. The first kappa shape index (κ1) is 14.9. The minimum absolute atomic E-state index is 0.291. The lowest BCUT2D eigenvalue weighted by Crippen LogP contribution is -2.27. The van der Waals surface area contributed by atoms with Crippen molar-refractivity contribution in [3.63, 3.8) is 0 Å². The first-order valence-electron chi connectivity index (χ1n) is 6.09. The van der Waals surface area contributed by atoms with Crippen LogP contribution in [-0.2, 0) is 10.0 Å². The number of hydrogen-bond donors (Lipinski definition) is 1. The van der Waals surface area contributed by atoms with Crippen molar-refractivity contribution in [1.29, 1.82) is 0 Å². The molecule has 1 N–H and O–H groups in total. The van der Waals surface area contributed by atoms with Crippen molar-refractivity contribution < 1.29 is 8.42 Å². The van der Waals surface area contributed by atoms with E-state index in [1.165, 1.54) is 0 Å². The third-order valence-corrected chi connectivity index (χ3v) is 3.84. The van der Waals surface area contributed by atoms with Crippen molar-refractivity contribution in [3.8, 4) is 0 Å². The van der Waals surface area contributed by atoms with E-state index in [-0.39, 0.29) is 0 Å². The zero-order valence-electron chi connectivity index (χ0n) is 10.1. The highest BCUT2D eigenvalue weighted by Gasteiger charge is 2.07. The lowest BCUT2D eigenvalue weighted by atomic mass is 10.2. The summed E-state index contributed by atoms with van der Waals surface area (Å²) in [7, 11) is -2.99. The van der Waals surface area contributed by atoms with Crippen molar-refractivity contribution in [2.75, 3.05) is 12.3 Å². The minimum atomic E-state index is -2.99. The molecule has 0 aliphatic rings. The normalized spacial score (nSPS) is 11.9. The van der Waals surface area contributed by atoms with Crippen LogP contribution in [0.1, 0.15) is 58.8 Å². The Labute approximate surface area is 94.7 Å². The molecule has 0 atom stereocenters. The Balaban J connectivity index is 3.50. The number of nitrogens with one attached hydrogen (secondary N) is 1. The van der Waals surface area contributed by atoms with Crippen molar-refractivity contribution in [1.82, 2.24) is 4.72 Å². The van der Waals surface area contributed by atoms with Crippen LogP contribution in [0.2, 0.25) is 0 Å². The fourth-order valence-electron chi connectivity index (χ4n) is 1.39. The topological polar surface area (TPSA) is 46.2 Å². The molecule has 0 saturated carbocycles. The second kappa shape index (κ2) is 9.16. The van der Waals surface area contributed by atoms with Crippen LogP contribution < -0.4 is 4.72 Å². The highest BCUT2D eigenvalue weighted by atomic mass is 32.2. The summed E-state index contributed by atoms with van der Waals surface area (Å²) in [6.07, 6.45) is 7.25. The van der Waals surface area contributed by atoms with E-state index in [1.54, 1.807) is 0 Å². The molecule has 0 aromatic rings. The molecular formula is C11H25NO2S. The molecule has 0 unspecified atom stereocenters. The molecule has 0 aliphatic carbocycles. The van der Waals surface area contributed by atoms with E-state index in [0.717, 1.165) is 44.9 Å². The highest BCUT2D eigenvalue weighted by molar-refractivity contribution is 7.89. The van der Waals surface area contributed by atoms with Crippen LogP contribution in [0.25, 0.3) is 0 Å². The van der Waals surface area contributed by atoms with Gasteiger partial charge in [0.1, 0.15) is 0 Å². The van der Waals surface area contributed by atoms with Gasteiger partial charge in [0, 0.05) is 6.54 Å². The molecule has 0 amide bonds. The fraction of sp³-hybridized carbons (Fsp3) is 1.00. The molecular weight excluding hydrogens is 210 g/mol. The Morgan fingerprint density at radius 1 is 0.867 bits per heavy atom. The number of rotatable bonds is 10. The summed E-state index contributed by atoms with van der Waals surface area (Å²) in [4.78, 5) is 0. The van der Waals surface area contributed by atoms with Gasteiger partial charge >= 0.3 is 0 Å². The summed E-state index contributed by atoms with van der Waals surface area (Å²) < 4.78 is 25.5. The van der Waals surface area contributed by atoms with Gasteiger partial charge in [0.2, 0.25) is 10.0 Å². The van der Waals surface area contributed by atoms with Crippen LogP contribution in [0.15, 0.2) is 0 Å². The van der Waals surface area contributed by atoms with Gasteiger partial charge in [-0.3, -0.25) is 0 Å². The fourth-order valence-corrected chi connectivity index (χ4v) is 2.58. The molecule has 3 nitrogen and oxygen atoms in total. The highest BCUT2D eigenvalue weighted by Crippen LogP contribution is 2.01. The maximum absolute atomic E-state index is 11.4. The van der Waals surface area contributed by atoms with Crippen molar-refractivity contribution in [3.05, 3.63) is 0 Å². The monoisotopic (exact) mass is 235 g/mol. The molecule has 0 rings (SSSR count). The number of unbranched alkanes of at least 4 members (excludes halogenated alkanes) is 5. The summed E-state index contributed by atoms with van der Waals surface area (Å²) in [5.41, 5.74) is 0. The second-order valence-electron chi connectivity index (χ2n) is 3.98. The predicted molar refractivity (Wildman–Crippen MR) is 65.5 cm³/mol. The van der Waals surface area contributed by atoms with Crippen LogP contribution in [0.5, 0.6) is 0 Å². The lowest BCUT2D eigenvalue weighted by Gasteiger charge is -2.05. The SMILES string of the molecule is CCCCCCS(=O)(=O)NCCCCC. The Kier molecular flexibility index (Phi) is 9.10. The molecule has 92 valence electrons. The zero-order valence-corrected chi connectivity index (χ0v) is 10.9. The van der Waals surface area contributed by atoms with E-state index >= 15 is 0 Å². The molecule has 0 fully saturated rings. The van der Waals surface area contributed by atoms with Crippen molar-refractivity contribution in [2.45, 2.75) is 58.8 Å². The summed E-state index contributed by atoms with van der Waals surface area (Å²) in [5.74, 6) is 0.291. The molecule has 0 bridgehead atoms. The van der Waals surface area contributed by atoms with E-state index in [0.29, 0.717) is 12.3 Å². The van der Waals surface area contributed by atoms with Gasteiger partial charge < -0.3 is 0 Å². The Morgan fingerprint density at radius 3 is 2.07 bits per heavy atom. The lowest BCUT2D eigenvalue weighted by molar-refractivity contribution is 0.570. The first-order valence-corrected chi connectivity index (χ1v) is 7.75. The maximum atomic E-state index is 11.4. The van der Waals surface area contributed by atoms with Gasteiger partial charge in [-0.05, 0) is 12.8 Å². The van der Waals surface area contributed by atoms with Gasteiger partial charge in [-0.15, -0.1) is 0 Å². The van der Waals surface area contributed by atoms with Crippen molar-refractivity contribution >= 4 is 10.0 Å². The molecule has 4 heteroatoms. The Morgan fingerprint density at radius 2 is 1.47 bits per heavy atom. The molecule has 0 aromatic carbocycles. The summed E-state index contributed by atoms with van der Waals surface area (Å²) >= 11 is 0. The molecule has 0 saturated heterocycles. The number of hydrogen-bond acceptors (Lipinski definition) is 2. The van der Waals surface area contributed by atoms with Crippen LogP contribution in [0, 0.1) is 0 Å².